The van der Waals surface area contributed by atoms with Crippen LogP contribution in [0, 0.1) is 0 Å². The molecule has 0 N–H and O–H groups in total. The first-order valence-electron chi connectivity index (χ1n) is 2.40. The summed E-state index contributed by atoms with van der Waals surface area (Å²) in [6.07, 6.45) is 3.83. The van der Waals surface area contributed by atoms with Crippen LogP contribution in [0.1, 0.15) is 0 Å². The summed E-state index contributed by atoms with van der Waals surface area (Å²) in [7, 11) is 1.63. The van der Waals surface area contributed by atoms with Crippen molar-refractivity contribution in [3.63, 3.8) is 0 Å². The first-order valence-corrected chi connectivity index (χ1v) is 4.44. The summed E-state index contributed by atoms with van der Waals surface area (Å²) in [5.74, 6) is 0. The highest BCUT2D eigenvalue weighted by atomic mass is 32.2. The van der Waals surface area contributed by atoms with Crippen molar-refractivity contribution in [3.05, 3.63) is 6.20 Å². The Labute approximate surface area is 62.3 Å². The summed E-state index contributed by atoms with van der Waals surface area (Å²) in [5.41, 5.74) is 0. The summed E-state index contributed by atoms with van der Waals surface area (Å²) >= 11 is 3.24. The SMILES string of the molecule is COc1ncc(SC)s1. The predicted octanol–water partition coefficient (Wildman–Crippen LogP) is 1.87. The lowest BCUT2D eigenvalue weighted by Crippen LogP contribution is -1.76. The van der Waals surface area contributed by atoms with Gasteiger partial charge in [-0.05, 0) is 6.26 Å². The molecule has 0 fully saturated rings. The Hall–Kier alpha value is -0.220. The van der Waals surface area contributed by atoms with Gasteiger partial charge in [0, 0.05) is 0 Å². The maximum Gasteiger partial charge on any atom is 0.273 e. The van der Waals surface area contributed by atoms with E-state index in [1.165, 1.54) is 4.21 Å². The third-order valence-corrected chi connectivity index (χ3v) is 2.85. The fraction of sp³-hybridized carbons (Fsp3) is 0.400. The number of hydrogen-bond acceptors (Lipinski definition) is 4. The van der Waals surface area contributed by atoms with Crippen molar-refractivity contribution in [1.29, 1.82) is 0 Å². The fourth-order valence-corrected chi connectivity index (χ4v) is 1.60. The number of ether oxygens (including phenoxy) is 1. The number of thiazole rings is 1. The quantitative estimate of drug-likeness (QED) is 0.618. The smallest absolute Gasteiger partial charge is 0.273 e. The van der Waals surface area contributed by atoms with Crippen molar-refractivity contribution in [3.8, 4) is 5.19 Å². The van der Waals surface area contributed by atoms with Gasteiger partial charge in [-0.25, -0.2) is 4.98 Å². The van der Waals surface area contributed by atoms with E-state index >= 15 is 0 Å². The molecule has 1 heterocycles. The first-order chi connectivity index (χ1) is 4.36. The average Bonchev–Trinajstić information content (AvgIpc) is 2.34. The van der Waals surface area contributed by atoms with Gasteiger partial charge in [0.2, 0.25) is 0 Å². The van der Waals surface area contributed by atoms with Crippen LogP contribution in [0.5, 0.6) is 5.19 Å². The van der Waals surface area contributed by atoms with Crippen LogP contribution in [0.2, 0.25) is 0 Å². The fourth-order valence-electron chi connectivity index (χ4n) is 0.433. The molecule has 0 atom stereocenters. The highest BCUT2D eigenvalue weighted by Gasteiger charge is 1.97. The maximum atomic E-state index is 4.89. The molecule has 0 saturated carbocycles. The van der Waals surface area contributed by atoms with E-state index in [-0.39, 0.29) is 0 Å². The monoisotopic (exact) mass is 161 g/mol. The molecule has 0 radical (unpaired) electrons. The highest BCUT2D eigenvalue weighted by Crippen LogP contribution is 2.26. The van der Waals surface area contributed by atoms with Crippen LogP contribution in [0.25, 0.3) is 0 Å². The molecule has 0 aliphatic heterocycles. The zero-order valence-electron chi connectivity index (χ0n) is 5.25. The Balaban J connectivity index is 2.74. The second-order valence-corrected chi connectivity index (χ2v) is 3.45. The number of thioether (sulfide) groups is 1. The van der Waals surface area contributed by atoms with Crippen LogP contribution < -0.4 is 4.74 Å². The lowest BCUT2D eigenvalue weighted by atomic mass is 11.0. The molecule has 1 aromatic rings. The second kappa shape index (κ2) is 3.08. The van der Waals surface area contributed by atoms with Gasteiger partial charge >= 0.3 is 0 Å². The van der Waals surface area contributed by atoms with E-state index in [9.17, 15) is 0 Å². The van der Waals surface area contributed by atoms with Crippen molar-refractivity contribution in [1.82, 2.24) is 4.98 Å². The molecule has 1 aromatic heterocycles. The van der Waals surface area contributed by atoms with Crippen LogP contribution in [0.3, 0.4) is 0 Å². The number of hydrogen-bond donors (Lipinski definition) is 0. The number of aromatic nitrogens is 1. The summed E-state index contributed by atoms with van der Waals surface area (Å²) < 4.78 is 6.08. The normalized spacial score (nSPS) is 9.56. The van der Waals surface area contributed by atoms with E-state index < -0.39 is 0 Å². The van der Waals surface area contributed by atoms with Crippen molar-refractivity contribution in [2.75, 3.05) is 13.4 Å². The minimum absolute atomic E-state index is 0.736. The third-order valence-electron chi connectivity index (χ3n) is 0.839. The highest BCUT2D eigenvalue weighted by molar-refractivity contribution is 8.00. The lowest BCUT2D eigenvalue weighted by Gasteiger charge is -1.85. The van der Waals surface area contributed by atoms with Gasteiger partial charge in [-0.3, -0.25) is 0 Å². The van der Waals surface area contributed by atoms with Crippen molar-refractivity contribution < 1.29 is 4.74 Å². The average molecular weight is 161 g/mol. The van der Waals surface area contributed by atoms with Crippen LogP contribution in [0.15, 0.2) is 10.4 Å². The summed E-state index contributed by atoms with van der Waals surface area (Å²) in [6.45, 7) is 0. The Morgan fingerprint density at radius 3 is 2.89 bits per heavy atom. The van der Waals surface area contributed by atoms with Gasteiger partial charge in [-0.15, -0.1) is 11.8 Å². The molecule has 4 heteroatoms. The maximum absolute atomic E-state index is 4.89. The van der Waals surface area contributed by atoms with Gasteiger partial charge < -0.3 is 4.74 Å². The minimum atomic E-state index is 0.736. The second-order valence-electron chi connectivity index (χ2n) is 1.35. The summed E-state index contributed by atoms with van der Waals surface area (Å²) in [4.78, 5) is 3.98. The Morgan fingerprint density at radius 1 is 1.78 bits per heavy atom. The standard InChI is InChI=1S/C5H7NOS2/c1-7-5-6-3-4(8-2)9-5/h3H,1-2H3. The Morgan fingerprint density at radius 2 is 2.56 bits per heavy atom. The van der Waals surface area contributed by atoms with E-state index in [0.29, 0.717) is 0 Å². The molecular weight excluding hydrogens is 154 g/mol. The van der Waals surface area contributed by atoms with Gasteiger partial charge in [0.15, 0.2) is 0 Å². The van der Waals surface area contributed by atoms with Crippen molar-refractivity contribution >= 4 is 23.1 Å². The van der Waals surface area contributed by atoms with Gasteiger partial charge in [0.25, 0.3) is 5.19 Å². The van der Waals surface area contributed by atoms with Crippen LogP contribution in [-0.4, -0.2) is 18.3 Å². The minimum Gasteiger partial charge on any atom is -0.473 e. The molecule has 0 amide bonds. The van der Waals surface area contributed by atoms with Crippen LogP contribution in [-0.2, 0) is 0 Å². The number of rotatable bonds is 2. The molecular formula is C5H7NOS2. The molecule has 9 heavy (non-hydrogen) atoms. The van der Waals surface area contributed by atoms with Crippen molar-refractivity contribution in [2.24, 2.45) is 0 Å². The van der Waals surface area contributed by atoms with Crippen LogP contribution in [0.4, 0.5) is 0 Å². The molecule has 0 bridgehead atoms. The number of methoxy groups -OCH3 is 1. The van der Waals surface area contributed by atoms with E-state index in [0.717, 1.165) is 5.19 Å². The van der Waals surface area contributed by atoms with E-state index in [1.807, 2.05) is 12.5 Å². The van der Waals surface area contributed by atoms with E-state index in [2.05, 4.69) is 4.98 Å². The molecule has 0 aromatic carbocycles. The molecule has 0 aliphatic rings. The van der Waals surface area contributed by atoms with Gasteiger partial charge in [-0.2, -0.15) is 0 Å². The van der Waals surface area contributed by atoms with Crippen molar-refractivity contribution in [2.45, 2.75) is 4.21 Å². The largest absolute Gasteiger partial charge is 0.473 e. The van der Waals surface area contributed by atoms with Gasteiger partial charge in [0.1, 0.15) is 0 Å². The van der Waals surface area contributed by atoms with Gasteiger partial charge in [0.05, 0.1) is 17.5 Å². The Bertz CT molecular complexity index is 168. The Kier molecular flexibility index (Phi) is 2.36. The molecule has 1 rings (SSSR count). The number of nitrogens with zero attached hydrogens (tertiary/aromatic N) is 1. The zero-order valence-corrected chi connectivity index (χ0v) is 6.88. The molecule has 0 aliphatic carbocycles. The van der Waals surface area contributed by atoms with E-state index in [4.69, 9.17) is 4.74 Å². The van der Waals surface area contributed by atoms with Crippen LogP contribution >= 0.6 is 23.1 Å². The molecule has 50 valence electrons. The molecule has 0 saturated heterocycles. The molecule has 0 unspecified atom stereocenters. The third kappa shape index (κ3) is 1.59. The van der Waals surface area contributed by atoms with Gasteiger partial charge in [-0.1, -0.05) is 11.3 Å². The topological polar surface area (TPSA) is 22.1 Å². The predicted molar refractivity (Wildman–Crippen MR) is 40.4 cm³/mol. The summed E-state index contributed by atoms with van der Waals surface area (Å²) in [5, 5.41) is 0.736. The molecule has 2 nitrogen and oxygen atoms in total. The van der Waals surface area contributed by atoms with E-state index in [1.54, 1.807) is 30.2 Å². The summed E-state index contributed by atoms with van der Waals surface area (Å²) in [6, 6.07) is 0. The zero-order chi connectivity index (χ0) is 6.69. The first kappa shape index (κ1) is 6.89. The molecule has 0 spiro atoms. The lowest BCUT2D eigenvalue weighted by molar-refractivity contribution is 0.412.